The topological polar surface area (TPSA) is 68.1 Å². The fourth-order valence-electron chi connectivity index (χ4n) is 3.70. The third-order valence-electron chi connectivity index (χ3n) is 5.60. The Balaban J connectivity index is 1.58. The Morgan fingerprint density at radius 3 is 2.43 bits per heavy atom. The van der Waals surface area contributed by atoms with E-state index >= 15 is 0 Å². The van der Waals surface area contributed by atoms with Crippen LogP contribution in [0.2, 0.25) is 0 Å². The van der Waals surface area contributed by atoms with Crippen LogP contribution in [0.5, 0.6) is 0 Å². The molecule has 1 aliphatic carbocycles. The lowest BCUT2D eigenvalue weighted by atomic mass is 9.92. The highest BCUT2D eigenvalue weighted by atomic mass is 32.2. The predicted molar refractivity (Wildman–Crippen MR) is 108 cm³/mol. The summed E-state index contributed by atoms with van der Waals surface area (Å²) in [7, 11) is -1.92. The molecular formula is C21H24N4O2S. The normalized spacial score (nSPS) is 15.4. The summed E-state index contributed by atoms with van der Waals surface area (Å²) in [6.45, 7) is 1.90. The van der Waals surface area contributed by atoms with Gasteiger partial charge in [0.15, 0.2) is 0 Å². The summed E-state index contributed by atoms with van der Waals surface area (Å²) < 4.78 is 29.5. The molecule has 0 saturated carbocycles. The molecule has 28 heavy (non-hydrogen) atoms. The van der Waals surface area contributed by atoms with Crippen molar-refractivity contribution in [3.63, 3.8) is 0 Å². The molecule has 1 heterocycles. The lowest BCUT2D eigenvalue weighted by Crippen LogP contribution is -2.30. The van der Waals surface area contributed by atoms with E-state index in [4.69, 9.17) is 0 Å². The Morgan fingerprint density at radius 2 is 1.75 bits per heavy atom. The highest BCUT2D eigenvalue weighted by Gasteiger charge is 2.27. The first-order chi connectivity index (χ1) is 13.5. The Labute approximate surface area is 165 Å². The van der Waals surface area contributed by atoms with Gasteiger partial charge in [-0.3, -0.25) is 0 Å². The molecule has 6 nitrogen and oxygen atoms in total. The summed E-state index contributed by atoms with van der Waals surface area (Å²) in [5.41, 5.74) is 4.26. The van der Waals surface area contributed by atoms with Crippen LogP contribution in [0, 0.1) is 0 Å². The van der Waals surface area contributed by atoms with E-state index in [1.165, 1.54) is 28.2 Å². The Hall–Kier alpha value is -2.51. The van der Waals surface area contributed by atoms with Crippen LogP contribution in [0.3, 0.4) is 0 Å². The molecule has 0 radical (unpaired) electrons. The average Bonchev–Trinajstić information content (AvgIpc) is 3.27. The molecule has 0 fully saturated rings. The van der Waals surface area contributed by atoms with Gasteiger partial charge in [0.1, 0.15) is 12.7 Å². The summed E-state index contributed by atoms with van der Waals surface area (Å²) in [5, 5.41) is 4.11. The maximum Gasteiger partial charge on any atom is 0.243 e. The van der Waals surface area contributed by atoms with E-state index in [-0.39, 0.29) is 6.04 Å². The van der Waals surface area contributed by atoms with Crippen LogP contribution in [0.1, 0.15) is 42.5 Å². The van der Waals surface area contributed by atoms with E-state index in [1.54, 1.807) is 24.1 Å². The minimum atomic E-state index is -3.57. The van der Waals surface area contributed by atoms with E-state index in [1.807, 2.05) is 43.3 Å². The third-order valence-corrected chi connectivity index (χ3v) is 7.53. The first-order valence-electron chi connectivity index (χ1n) is 9.51. The highest BCUT2D eigenvalue weighted by Crippen LogP contribution is 2.29. The first kappa shape index (κ1) is 18.8. The van der Waals surface area contributed by atoms with Gasteiger partial charge in [-0.05, 0) is 73.6 Å². The molecule has 0 amide bonds. The second-order valence-electron chi connectivity index (χ2n) is 7.27. The molecular weight excluding hydrogens is 372 g/mol. The van der Waals surface area contributed by atoms with Crippen LogP contribution in [0.15, 0.2) is 60.0 Å². The number of hydrogen-bond acceptors (Lipinski definition) is 4. The van der Waals surface area contributed by atoms with Crippen molar-refractivity contribution in [1.29, 1.82) is 0 Å². The quantitative estimate of drug-likeness (QED) is 0.662. The number of hydrogen-bond donors (Lipinski definition) is 0. The molecule has 0 unspecified atom stereocenters. The molecule has 1 atom stereocenters. The van der Waals surface area contributed by atoms with Crippen molar-refractivity contribution in [2.45, 2.75) is 43.5 Å². The molecule has 1 aromatic heterocycles. The van der Waals surface area contributed by atoms with Crippen LogP contribution in [0.25, 0.3) is 5.69 Å². The molecule has 3 aromatic rings. The van der Waals surface area contributed by atoms with E-state index in [0.29, 0.717) is 4.90 Å². The van der Waals surface area contributed by atoms with Crippen LogP contribution >= 0.6 is 0 Å². The molecule has 1 aliphatic rings. The molecule has 7 heteroatoms. The molecule has 146 valence electrons. The Morgan fingerprint density at radius 1 is 1.04 bits per heavy atom. The van der Waals surface area contributed by atoms with Crippen LogP contribution < -0.4 is 0 Å². The van der Waals surface area contributed by atoms with Crippen molar-refractivity contribution < 1.29 is 8.42 Å². The molecule has 4 rings (SSSR count). The van der Waals surface area contributed by atoms with Gasteiger partial charge in [-0.25, -0.2) is 18.1 Å². The maximum atomic E-state index is 13.2. The fraction of sp³-hybridized carbons (Fsp3) is 0.333. The number of rotatable bonds is 5. The van der Waals surface area contributed by atoms with Gasteiger partial charge in [0, 0.05) is 13.1 Å². The lowest BCUT2D eigenvalue weighted by Gasteiger charge is -2.26. The van der Waals surface area contributed by atoms with Gasteiger partial charge >= 0.3 is 0 Å². The summed E-state index contributed by atoms with van der Waals surface area (Å²) in [5.74, 6) is 0. The lowest BCUT2D eigenvalue weighted by molar-refractivity contribution is 0.398. The highest BCUT2D eigenvalue weighted by molar-refractivity contribution is 7.89. The molecule has 2 aromatic carbocycles. The van der Waals surface area contributed by atoms with E-state index < -0.39 is 10.0 Å². The second-order valence-corrected chi connectivity index (χ2v) is 9.26. The van der Waals surface area contributed by atoms with Gasteiger partial charge < -0.3 is 0 Å². The number of aryl methyl sites for hydroxylation is 2. The summed E-state index contributed by atoms with van der Waals surface area (Å²) in [4.78, 5) is 4.32. The minimum Gasteiger partial charge on any atom is -0.223 e. The SMILES string of the molecule is C[C@H](c1ccc(-n2cncn2)cc1)N(C)S(=O)(=O)c1ccc2c(c1)CCCC2. The minimum absolute atomic E-state index is 0.286. The van der Waals surface area contributed by atoms with Crippen molar-refractivity contribution >= 4 is 10.0 Å². The van der Waals surface area contributed by atoms with Crippen molar-refractivity contribution in [1.82, 2.24) is 19.1 Å². The van der Waals surface area contributed by atoms with Gasteiger partial charge in [0.25, 0.3) is 0 Å². The number of fused-ring (bicyclic) bond motifs is 1. The maximum absolute atomic E-state index is 13.2. The predicted octanol–water partition coefficient (Wildman–Crippen LogP) is 3.53. The summed E-state index contributed by atoms with van der Waals surface area (Å²) in [6.07, 6.45) is 7.42. The molecule has 0 N–H and O–H groups in total. The van der Waals surface area contributed by atoms with Gasteiger partial charge in [-0.1, -0.05) is 18.2 Å². The van der Waals surface area contributed by atoms with Crippen molar-refractivity contribution in [3.8, 4) is 5.69 Å². The van der Waals surface area contributed by atoms with Crippen molar-refractivity contribution in [2.75, 3.05) is 7.05 Å². The zero-order chi connectivity index (χ0) is 19.7. The van der Waals surface area contributed by atoms with E-state index in [2.05, 4.69) is 10.1 Å². The largest absolute Gasteiger partial charge is 0.243 e. The van der Waals surface area contributed by atoms with Crippen LogP contribution in [0.4, 0.5) is 0 Å². The third kappa shape index (κ3) is 3.47. The number of sulfonamides is 1. The van der Waals surface area contributed by atoms with E-state index in [0.717, 1.165) is 30.5 Å². The number of aromatic nitrogens is 3. The number of benzene rings is 2. The van der Waals surface area contributed by atoms with E-state index in [9.17, 15) is 8.42 Å². The van der Waals surface area contributed by atoms with Crippen molar-refractivity contribution in [2.24, 2.45) is 0 Å². The molecule has 0 bridgehead atoms. The van der Waals surface area contributed by atoms with Crippen LogP contribution in [-0.2, 0) is 22.9 Å². The van der Waals surface area contributed by atoms with Crippen molar-refractivity contribution in [3.05, 3.63) is 71.8 Å². The zero-order valence-corrected chi connectivity index (χ0v) is 16.9. The van der Waals surface area contributed by atoms with Gasteiger partial charge in [-0.15, -0.1) is 0 Å². The average molecular weight is 397 g/mol. The zero-order valence-electron chi connectivity index (χ0n) is 16.1. The Bertz CT molecular complexity index is 1060. The second kappa shape index (κ2) is 7.48. The Kier molecular flexibility index (Phi) is 5.03. The summed E-state index contributed by atoms with van der Waals surface area (Å²) >= 11 is 0. The fourth-order valence-corrected chi connectivity index (χ4v) is 5.10. The van der Waals surface area contributed by atoms with Crippen LogP contribution in [-0.4, -0.2) is 34.5 Å². The molecule has 0 aliphatic heterocycles. The monoisotopic (exact) mass is 396 g/mol. The number of nitrogens with zero attached hydrogens (tertiary/aromatic N) is 4. The summed E-state index contributed by atoms with van der Waals surface area (Å²) in [6, 6.07) is 13.0. The molecule has 0 saturated heterocycles. The first-order valence-corrected chi connectivity index (χ1v) is 11.0. The smallest absolute Gasteiger partial charge is 0.223 e. The standard InChI is InChI=1S/C21H24N4O2S/c1-16(17-7-10-20(11-8-17)25-15-22-14-23-25)24(2)28(26,27)21-12-9-18-5-3-4-6-19(18)13-21/h7-16H,3-6H2,1-2H3/t16-/m1/s1. The van der Waals surface area contributed by atoms with Gasteiger partial charge in [0.2, 0.25) is 10.0 Å². The van der Waals surface area contributed by atoms with Gasteiger partial charge in [-0.2, -0.15) is 9.40 Å². The molecule has 0 spiro atoms. The van der Waals surface area contributed by atoms with Gasteiger partial charge in [0.05, 0.1) is 10.6 Å².